The first kappa shape index (κ1) is 24.6. The van der Waals surface area contributed by atoms with Gasteiger partial charge >= 0.3 is 5.97 Å². The topological polar surface area (TPSA) is 84.4 Å². The molecule has 2 aromatic rings. The Kier molecular flexibility index (Phi) is 7.12. The fourth-order valence-corrected chi connectivity index (χ4v) is 6.98. The van der Waals surface area contributed by atoms with E-state index in [1.807, 2.05) is 18.4 Å². The number of aromatic nitrogens is 2. The minimum atomic E-state index is -0.768. The van der Waals surface area contributed by atoms with E-state index in [0.717, 1.165) is 56.7 Å². The van der Waals surface area contributed by atoms with Crippen LogP contribution in [0.2, 0.25) is 5.15 Å². The summed E-state index contributed by atoms with van der Waals surface area (Å²) in [5.41, 5.74) is -0.768. The third kappa shape index (κ3) is 5.09. The third-order valence-electron chi connectivity index (χ3n) is 8.07. The lowest BCUT2D eigenvalue weighted by atomic mass is 9.83. The van der Waals surface area contributed by atoms with Crippen LogP contribution in [0, 0.1) is 5.92 Å². The number of likely N-dealkylation sites (tertiary alicyclic amines) is 1. The molecule has 1 unspecified atom stereocenters. The average Bonchev–Trinajstić information content (AvgIpc) is 3.41. The van der Waals surface area contributed by atoms with Crippen molar-refractivity contribution in [3.63, 3.8) is 0 Å². The predicted molar refractivity (Wildman–Crippen MR) is 135 cm³/mol. The number of halogens is 1. The van der Waals surface area contributed by atoms with Crippen LogP contribution in [-0.2, 0) is 19.9 Å². The lowest BCUT2D eigenvalue weighted by molar-refractivity contribution is -0.939. The van der Waals surface area contributed by atoms with Gasteiger partial charge in [-0.15, -0.1) is 21.5 Å². The molecule has 0 saturated carbocycles. The van der Waals surface area contributed by atoms with E-state index in [4.69, 9.17) is 16.3 Å². The molecular formula is C25H33ClN5O3S+. The monoisotopic (exact) mass is 518 g/mol. The smallest absolute Gasteiger partial charge is 0.332 e. The molecule has 1 N–H and O–H groups in total. The molecule has 8 nitrogen and oxygen atoms in total. The Labute approximate surface area is 215 Å². The van der Waals surface area contributed by atoms with Crippen molar-refractivity contribution in [2.45, 2.75) is 50.7 Å². The van der Waals surface area contributed by atoms with E-state index in [1.165, 1.54) is 6.42 Å². The molecule has 0 spiro atoms. The number of fused-ring (bicyclic) bond motifs is 3. The van der Waals surface area contributed by atoms with Gasteiger partial charge in [-0.2, -0.15) is 0 Å². The molecule has 0 aliphatic carbocycles. The van der Waals surface area contributed by atoms with Gasteiger partial charge in [-0.3, -0.25) is 9.69 Å². The van der Waals surface area contributed by atoms with E-state index in [1.54, 1.807) is 23.5 Å². The molecule has 4 aliphatic heterocycles. The summed E-state index contributed by atoms with van der Waals surface area (Å²) in [4.78, 5) is 30.0. The Morgan fingerprint density at radius 1 is 1.20 bits per heavy atom. The molecule has 2 atom stereocenters. The number of nitrogens with one attached hydrogen (secondary N) is 1. The third-order valence-corrected chi connectivity index (χ3v) is 9.35. The van der Waals surface area contributed by atoms with Gasteiger partial charge < -0.3 is 14.5 Å². The van der Waals surface area contributed by atoms with Gasteiger partial charge in [0.25, 0.3) is 5.91 Å². The highest BCUT2D eigenvalue weighted by atomic mass is 35.5. The zero-order valence-corrected chi connectivity index (χ0v) is 21.7. The second-order valence-electron chi connectivity index (χ2n) is 10.3. The Morgan fingerprint density at radius 2 is 1.97 bits per heavy atom. The van der Waals surface area contributed by atoms with Gasteiger partial charge in [0.2, 0.25) is 0 Å². The molecule has 4 saturated heterocycles. The van der Waals surface area contributed by atoms with Crippen molar-refractivity contribution in [2.75, 3.05) is 44.6 Å². The van der Waals surface area contributed by atoms with Crippen LogP contribution in [0.3, 0.4) is 0 Å². The molecule has 6 heterocycles. The molecular weight excluding hydrogens is 486 g/mol. The normalized spacial score (nSPS) is 28.3. The van der Waals surface area contributed by atoms with Crippen molar-refractivity contribution < 1.29 is 18.8 Å². The molecule has 188 valence electrons. The number of hydrogen-bond donors (Lipinski definition) is 1. The fraction of sp³-hybridized carbons (Fsp3) is 0.600. The van der Waals surface area contributed by atoms with Crippen molar-refractivity contribution in [2.24, 2.45) is 5.92 Å². The number of nitrogens with zero attached hydrogens (tertiary/aromatic N) is 4. The number of amides is 1. The van der Waals surface area contributed by atoms with Crippen LogP contribution in [-0.4, -0.2) is 76.8 Å². The summed E-state index contributed by atoms with van der Waals surface area (Å²) >= 11 is 7.41. The summed E-state index contributed by atoms with van der Waals surface area (Å²) in [5.74, 6) is 0.488. The molecule has 35 heavy (non-hydrogen) atoms. The first-order chi connectivity index (χ1) is 16.9. The highest BCUT2D eigenvalue weighted by Gasteiger charge is 2.51. The summed E-state index contributed by atoms with van der Waals surface area (Å²) in [6, 6.07) is 7.31. The van der Waals surface area contributed by atoms with E-state index in [-0.39, 0.29) is 23.1 Å². The lowest BCUT2D eigenvalue weighted by Gasteiger charge is -2.52. The quantitative estimate of drug-likeness (QED) is 0.444. The first-order valence-electron chi connectivity index (χ1n) is 12.5. The van der Waals surface area contributed by atoms with Gasteiger partial charge in [-0.25, -0.2) is 4.79 Å². The zero-order chi connectivity index (χ0) is 24.5. The van der Waals surface area contributed by atoms with Gasteiger partial charge in [0, 0.05) is 23.6 Å². The molecule has 2 aromatic heterocycles. The Hall–Kier alpha value is -2.07. The number of esters is 1. The number of anilines is 1. The van der Waals surface area contributed by atoms with E-state index < -0.39 is 5.54 Å². The summed E-state index contributed by atoms with van der Waals surface area (Å²) in [5, 5.41) is 12.9. The highest BCUT2D eigenvalue weighted by molar-refractivity contribution is 7.10. The van der Waals surface area contributed by atoms with Crippen LogP contribution >= 0.6 is 22.9 Å². The van der Waals surface area contributed by atoms with Crippen LogP contribution in [0.15, 0.2) is 29.6 Å². The van der Waals surface area contributed by atoms with Gasteiger partial charge in [-0.1, -0.05) is 24.1 Å². The molecule has 10 heteroatoms. The SMILES string of the molecule is CC(C(=O)O[C@@H]1C[N+]2(CC(=O)Nc3ccc(Cl)nn3)CCC1CC2)(c1cccs1)N1CCCCC1. The second kappa shape index (κ2) is 10.1. The second-order valence-corrected chi connectivity index (χ2v) is 11.6. The Balaban J connectivity index is 1.28. The fourth-order valence-electron chi connectivity index (χ4n) is 5.98. The lowest BCUT2D eigenvalue weighted by Crippen LogP contribution is -2.66. The number of carbonyl (C=O) groups excluding carboxylic acids is 2. The molecule has 6 rings (SSSR count). The van der Waals surface area contributed by atoms with Crippen LogP contribution in [0.1, 0.15) is 43.9 Å². The van der Waals surface area contributed by atoms with Crippen LogP contribution in [0.4, 0.5) is 5.82 Å². The van der Waals surface area contributed by atoms with E-state index in [2.05, 4.69) is 26.5 Å². The largest absolute Gasteiger partial charge is 0.454 e. The van der Waals surface area contributed by atoms with Crippen molar-refractivity contribution in [1.82, 2.24) is 15.1 Å². The van der Waals surface area contributed by atoms with Crippen molar-refractivity contribution in [3.8, 4) is 0 Å². The number of ether oxygens (including phenoxy) is 1. The maximum absolute atomic E-state index is 13.8. The van der Waals surface area contributed by atoms with Crippen LogP contribution in [0.5, 0.6) is 0 Å². The van der Waals surface area contributed by atoms with E-state index in [9.17, 15) is 9.59 Å². The molecule has 4 fully saturated rings. The molecule has 4 aliphatic rings. The minimum absolute atomic E-state index is 0.108. The number of quaternary nitrogens is 1. The predicted octanol–water partition coefficient (Wildman–Crippen LogP) is 3.68. The van der Waals surface area contributed by atoms with Crippen LogP contribution in [0.25, 0.3) is 0 Å². The van der Waals surface area contributed by atoms with E-state index in [0.29, 0.717) is 29.3 Å². The maximum Gasteiger partial charge on any atom is 0.332 e. The number of rotatable bonds is 7. The summed E-state index contributed by atoms with van der Waals surface area (Å²) in [7, 11) is 0. The summed E-state index contributed by atoms with van der Waals surface area (Å²) in [6.45, 7) is 6.70. The summed E-state index contributed by atoms with van der Waals surface area (Å²) in [6.07, 6.45) is 5.18. The number of hydrogen-bond acceptors (Lipinski definition) is 7. The van der Waals surface area contributed by atoms with Gasteiger partial charge in [0.05, 0.1) is 13.1 Å². The zero-order valence-electron chi connectivity index (χ0n) is 20.1. The molecule has 2 bridgehead atoms. The van der Waals surface area contributed by atoms with Gasteiger partial charge in [0.15, 0.2) is 29.2 Å². The maximum atomic E-state index is 13.8. The first-order valence-corrected chi connectivity index (χ1v) is 13.8. The summed E-state index contributed by atoms with van der Waals surface area (Å²) < 4.78 is 6.99. The van der Waals surface area contributed by atoms with Crippen molar-refractivity contribution >= 4 is 40.6 Å². The highest BCUT2D eigenvalue weighted by Crippen LogP contribution is 2.39. The number of thiophene rings is 1. The molecule has 0 radical (unpaired) electrons. The van der Waals surface area contributed by atoms with Crippen molar-refractivity contribution in [3.05, 3.63) is 39.7 Å². The Morgan fingerprint density at radius 3 is 2.63 bits per heavy atom. The van der Waals surface area contributed by atoms with Gasteiger partial charge in [-0.05, 0) is 56.4 Å². The standard InChI is InChI=1S/C25H32ClN5O3S/c1-25(20-6-5-15-35-20,30-11-3-2-4-12-30)24(33)34-19-16-31(13-9-18(19)10-14-31)17-23(32)27-22-8-7-21(26)28-29-22/h5-8,15,18-19H,2-4,9-14,16-17H2,1H3/p+1/t18?,19-,25?,31?/m1/s1. The number of carbonyl (C=O) groups is 2. The Bertz CT molecular complexity index is 1040. The van der Waals surface area contributed by atoms with Crippen molar-refractivity contribution in [1.29, 1.82) is 0 Å². The molecule has 1 amide bonds. The average molecular weight is 519 g/mol. The van der Waals surface area contributed by atoms with E-state index >= 15 is 0 Å². The van der Waals surface area contributed by atoms with Gasteiger partial charge in [0.1, 0.15) is 6.54 Å². The number of piperidine rings is 4. The minimum Gasteiger partial charge on any atom is -0.454 e. The molecule has 0 aromatic carbocycles. The van der Waals surface area contributed by atoms with Crippen LogP contribution < -0.4 is 5.32 Å².